The summed E-state index contributed by atoms with van der Waals surface area (Å²) in [7, 11) is 0. The fourth-order valence-corrected chi connectivity index (χ4v) is 13.3. The topological polar surface area (TPSA) is 108 Å². The highest BCUT2D eigenvalue weighted by molar-refractivity contribution is 5.81. The van der Waals surface area contributed by atoms with Crippen LogP contribution in [-0.2, 0) is 47.0 Å². The number of morpholine rings is 1. The summed E-state index contributed by atoms with van der Waals surface area (Å²) in [5.41, 5.74) is 3.44. The number of fused-ring (bicyclic) bond motifs is 8. The van der Waals surface area contributed by atoms with Crippen molar-refractivity contribution < 1.29 is 28.6 Å². The molecule has 1 saturated heterocycles. The van der Waals surface area contributed by atoms with E-state index >= 15 is 0 Å². The van der Waals surface area contributed by atoms with Crippen molar-refractivity contribution in [1.29, 1.82) is 0 Å². The molecule has 9 nitrogen and oxygen atoms in total. The van der Waals surface area contributed by atoms with Crippen molar-refractivity contribution in [2.24, 2.45) is 44.8 Å². The Morgan fingerprint density at radius 2 is 1.59 bits per heavy atom. The number of hydrogen-bond acceptors (Lipinski definition) is 8. The summed E-state index contributed by atoms with van der Waals surface area (Å²) in [5.74, 6) is 0.381. The van der Waals surface area contributed by atoms with E-state index in [1.807, 2.05) is 30.3 Å². The summed E-state index contributed by atoms with van der Waals surface area (Å²) >= 11 is 0. The Morgan fingerprint density at radius 1 is 0.857 bits per heavy atom. The van der Waals surface area contributed by atoms with Crippen molar-refractivity contribution in [2.45, 2.75) is 124 Å². The maximum Gasteiger partial charge on any atom is 0.313 e. The van der Waals surface area contributed by atoms with Crippen LogP contribution in [0.1, 0.15) is 123 Å². The van der Waals surface area contributed by atoms with Crippen LogP contribution in [0.5, 0.6) is 0 Å². The van der Waals surface area contributed by atoms with Gasteiger partial charge in [0.1, 0.15) is 13.2 Å². The van der Waals surface area contributed by atoms with Crippen molar-refractivity contribution in [2.75, 3.05) is 32.9 Å². The number of nitrogens with zero attached hydrogens (tertiary/aromatic N) is 3. The highest BCUT2D eigenvalue weighted by Gasteiger charge is 2.70. The molecule has 0 bridgehead atoms. The fraction of sp³-hybridized carbons (Fsp3) is 0.681. The van der Waals surface area contributed by atoms with Gasteiger partial charge >= 0.3 is 11.9 Å². The van der Waals surface area contributed by atoms with E-state index in [9.17, 15) is 14.4 Å². The minimum Gasteiger partial charge on any atom is -0.465 e. The van der Waals surface area contributed by atoms with Crippen LogP contribution in [0.15, 0.2) is 54.4 Å². The third kappa shape index (κ3) is 6.33. The summed E-state index contributed by atoms with van der Waals surface area (Å²) in [4.78, 5) is 52.2. The zero-order valence-electron chi connectivity index (χ0n) is 34.7. The number of aromatic nitrogens is 2. The van der Waals surface area contributed by atoms with Crippen LogP contribution >= 0.6 is 0 Å². The van der Waals surface area contributed by atoms with Gasteiger partial charge in [0.05, 0.1) is 36.4 Å². The lowest BCUT2D eigenvalue weighted by Crippen LogP contribution is -2.65. The predicted molar refractivity (Wildman–Crippen MR) is 213 cm³/mol. The fourth-order valence-electron chi connectivity index (χ4n) is 13.3. The van der Waals surface area contributed by atoms with Crippen molar-refractivity contribution in [3.63, 3.8) is 0 Å². The number of carbonyl (C=O) groups is 3. The molecule has 9 heteroatoms. The van der Waals surface area contributed by atoms with E-state index in [1.54, 1.807) is 17.3 Å². The molecule has 4 fully saturated rings. The van der Waals surface area contributed by atoms with Gasteiger partial charge in [-0.15, -0.1) is 0 Å². The molecule has 0 unspecified atom stereocenters. The van der Waals surface area contributed by atoms with Gasteiger partial charge in [-0.05, 0) is 103 Å². The van der Waals surface area contributed by atoms with Gasteiger partial charge in [0, 0.05) is 37.3 Å². The van der Waals surface area contributed by atoms with Gasteiger partial charge in [0.15, 0.2) is 0 Å². The minimum absolute atomic E-state index is 0.00117. The van der Waals surface area contributed by atoms with E-state index in [1.165, 1.54) is 5.57 Å². The maximum atomic E-state index is 14.4. The Morgan fingerprint density at radius 3 is 2.36 bits per heavy atom. The molecule has 0 radical (unpaired) electrons. The Kier molecular flexibility index (Phi) is 10.1. The van der Waals surface area contributed by atoms with Gasteiger partial charge < -0.3 is 19.1 Å². The predicted octanol–water partition coefficient (Wildman–Crippen LogP) is 8.20. The first-order valence-electron chi connectivity index (χ1n) is 21.4. The van der Waals surface area contributed by atoms with Crippen LogP contribution in [0, 0.1) is 44.8 Å². The van der Waals surface area contributed by atoms with Crippen LogP contribution in [-0.4, -0.2) is 65.6 Å². The minimum atomic E-state index is -0.523. The average Bonchev–Trinajstić information content (AvgIpc) is 3.19. The average molecular weight is 766 g/mol. The van der Waals surface area contributed by atoms with Gasteiger partial charge in [-0.2, -0.15) is 0 Å². The molecule has 0 N–H and O–H groups in total. The van der Waals surface area contributed by atoms with Gasteiger partial charge in [-0.1, -0.05) is 83.5 Å². The molecule has 3 saturated carbocycles. The standard InChI is InChI=1S/C47H63N3O6/c1-42(2)18-20-47(41(53)55-30-32-10-8-7-9-11-32)21-19-45(5)33(34(47)28-42)12-13-37-43(3)29-35-40(49-23-22-48-35)44(4,36(43)16-17-46(37,45)6)31-56-39(52)15-14-38(51)50-24-26-54-27-25-50/h7-12,22-23,34,36-37H,13-21,24-31H2,1-6H3/t34-,36+,37+,43-,44-,45+,46+,47-/m0/s1. The molecular formula is C47H63N3O6. The number of rotatable bonds is 8. The summed E-state index contributed by atoms with van der Waals surface area (Å²) in [6.07, 6.45) is 14.9. The van der Waals surface area contributed by atoms with Crippen LogP contribution < -0.4 is 0 Å². The van der Waals surface area contributed by atoms with E-state index < -0.39 is 10.8 Å². The third-order valence-electron chi connectivity index (χ3n) is 16.6. The monoisotopic (exact) mass is 765 g/mol. The SMILES string of the molecule is CC1(C)CC[C@]2(C(=O)OCc3ccccc3)CC[C@]3(C)C(=CC[C@@H]4[C@@]5(C)Cc6nccnc6[C@@](C)(COC(=O)CCC(=O)N6CCOCC6)[C@@H]5CC[C@]43C)[C@@H]2C1. The second-order valence-electron chi connectivity index (χ2n) is 20.0. The third-order valence-corrected chi connectivity index (χ3v) is 16.6. The first-order chi connectivity index (χ1) is 26.7. The highest BCUT2D eigenvalue weighted by atomic mass is 16.5. The van der Waals surface area contributed by atoms with Gasteiger partial charge in [0.25, 0.3) is 0 Å². The summed E-state index contributed by atoms with van der Waals surface area (Å²) in [5, 5.41) is 0. The van der Waals surface area contributed by atoms with E-state index in [2.05, 4.69) is 47.6 Å². The normalized spacial score (nSPS) is 37.0. The molecule has 302 valence electrons. The Hall–Kier alpha value is -3.59. The number of esters is 2. The molecule has 1 aliphatic heterocycles. The molecule has 1 aromatic heterocycles. The quantitative estimate of drug-likeness (QED) is 0.196. The molecule has 56 heavy (non-hydrogen) atoms. The van der Waals surface area contributed by atoms with Crippen molar-refractivity contribution >= 4 is 17.8 Å². The molecule has 0 spiro atoms. The summed E-state index contributed by atoms with van der Waals surface area (Å²) < 4.78 is 17.8. The lowest BCUT2D eigenvalue weighted by Gasteiger charge is -2.70. The molecule has 8 atom stereocenters. The van der Waals surface area contributed by atoms with E-state index in [0.717, 1.165) is 74.7 Å². The maximum absolute atomic E-state index is 14.4. The highest BCUT2D eigenvalue weighted by Crippen LogP contribution is 2.75. The van der Waals surface area contributed by atoms with Crippen LogP contribution in [0.25, 0.3) is 0 Å². The zero-order chi connectivity index (χ0) is 39.6. The van der Waals surface area contributed by atoms with Crippen molar-refractivity contribution in [3.05, 3.63) is 71.3 Å². The van der Waals surface area contributed by atoms with Gasteiger partial charge in [-0.3, -0.25) is 24.4 Å². The van der Waals surface area contributed by atoms with E-state index in [0.29, 0.717) is 38.8 Å². The summed E-state index contributed by atoms with van der Waals surface area (Å²) in [6.45, 7) is 17.3. The van der Waals surface area contributed by atoms with E-state index in [-0.39, 0.29) is 70.8 Å². The van der Waals surface area contributed by atoms with Gasteiger partial charge in [-0.25, -0.2) is 0 Å². The molecule has 5 aliphatic carbocycles. The first-order valence-corrected chi connectivity index (χ1v) is 21.4. The second kappa shape index (κ2) is 14.4. The molecule has 8 rings (SSSR count). The number of carbonyl (C=O) groups excluding carboxylic acids is 3. The Bertz CT molecular complexity index is 1870. The first kappa shape index (κ1) is 39.2. The molecule has 6 aliphatic rings. The second-order valence-corrected chi connectivity index (χ2v) is 20.0. The molecular weight excluding hydrogens is 703 g/mol. The zero-order valence-corrected chi connectivity index (χ0v) is 34.7. The van der Waals surface area contributed by atoms with Crippen LogP contribution in [0.4, 0.5) is 0 Å². The Balaban J connectivity index is 1.07. The Labute approximate surface area is 333 Å². The molecule has 1 amide bonds. The number of amides is 1. The summed E-state index contributed by atoms with van der Waals surface area (Å²) in [6, 6.07) is 10.1. The number of allylic oxidation sites excluding steroid dienone is 2. The lowest BCUT2D eigenvalue weighted by molar-refractivity contribution is -0.185. The van der Waals surface area contributed by atoms with Crippen molar-refractivity contribution in [1.82, 2.24) is 14.9 Å². The van der Waals surface area contributed by atoms with Gasteiger partial charge in [0.2, 0.25) is 5.91 Å². The van der Waals surface area contributed by atoms with E-state index in [4.69, 9.17) is 24.2 Å². The molecule has 2 heterocycles. The number of ether oxygens (including phenoxy) is 3. The van der Waals surface area contributed by atoms with Crippen LogP contribution in [0.2, 0.25) is 0 Å². The van der Waals surface area contributed by atoms with Crippen LogP contribution in [0.3, 0.4) is 0 Å². The smallest absolute Gasteiger partial charge is 0.313 e. The number of hydrogen-bond donors (Lipinski definition) is 0. The molecule has 1 aromatic carbocycles. The lowest BCUT2D eigenvalue weighted by atomic mass is 9.33. The largest absolute Gasteiger partial charge is 0.465 e. The van der Waals surface area contributed by atoms with Crippen molar-refractivity contribution in [3.8, 4) is 0 Å². The number of benzene rings is 1. The molecule has 2 aromatic rings.